The van der Waals surface area contributed by atoms with E-state index in [9.17, 15) is 4.79 Å². The molecule has 2 aromatic carbocycles. The van der Waals surface area contributed by atoms with Crippen molar-refractivity contribution in [2.75, 3.05) is 5.73 Å². The van der Waals surface area contributed by atoms with Crippen molar-refractivity contribution in [3.63, 3.8) is 0 Å². The Morgan fingerprint density at radius 2 is 1.89 bits per heavy atom. The number of nitrogens with two attached hydrogens (primary N) is 1. The Kier molecular flexibility index (Phi) is 3.15. The normalized spacial score (nSPS) is 21.1. The lowest BCUT2D eigenvalue weighted by atomic mass is 10.0. The molecule has 96 valence electrons. The molecule has 0 aliphatic heterocycles. The Morgan fingerprint density at radius 3 is 2.63 bits per heavy atom. The highest BCUT2D eigenvalue weighted by Crippen LogP contribution is 2.49. The average molecular weight is 316 g/mol. The number of carbonyl (C=O) groups is 1. The van der Waals surface area contributed by atoms with Crippen molar-refractivity contribution in [2.24, 2.45) is 5.92 Å². The molecule has 2 nitrogen and oxygen atoms in total. The van der Waals surface area contributed by atoms with Crippen LogP contribution in [0, 0.1) is 5.92 Å². The lowest BCUT2D eigenvalue weighted by Gasteiger charge is -2.05. The molecule has 1 aliphatic rings. The SMILES string of the molecule is Nc1ccc(Br)c(C(=O)C2CC2c2ccccc2)c1. The predicted octanol–water partition coefficient (Wildman–Crippen LogP) is 4.02. The van der Waals surface area contributed by atoms with Crippen LogP contribution >= 0.6 is 15.9 Å². The number of halogens is 1. The van der Waals surface area contributed by atoms with Crippen molar-refractivity contribution >= 4 is 27.4 Å². The first-order valence-electron chi connectivity index (χ1n) is 6.31. The first kappa shape index (κ1) is 12.4. The second-order valence-electron chi connectivity index (χ2n) is 4.96. The van der Waals surface area contributed by atoms with Gasteiger partial charge >= 0.3 is 0 Å². The summed E-state index contributed by atoms with van der Waals surface area (Å²) in [5.41, 5.74) is 8.34. The molecule has 2 atom stereocenters. The molecule has 0 aromatic heterocycles. The van der Waals surface area contributed by atoms with Crippen LogP contribution < -0.4 is 5.73 Å². The molecule has 1 saturated carbocycles. The standard InChI is InChI=1S/C16H14BrNO/c17-15-7-6-11(18)8-14(15)16(19)13-9-12(13)10-4-2-1-3-5-10/h1-8,12-13H,9,18H2. The van der Waals surface area contributed by atoms with Gasteiger partial charge in [-0.3, -0.25) is 4.79 Å². The van der Waals surface area contributed by atoms with E-state index in [-0.39, 0.29) is 11.7 Å². The van der Waals surface area contributed by atoms with Gasteiger partial charge in [0.25, 0.3) is 0 Å². The lowest BCUT2D eigenvalue weighted by molar-refractivity contribution is 0.0964. The van der Waals surface area contributed by atoms with Gasteiger partial charge in [-0.1, -0.05) is 46.3 Å². The van der Waals surface area contributed by atoms with E-state index in [0.29, 0.717) is 17.2 Å². The summed E-state index contributed by atoms with van der Waals surface area (Å²) in [6.07, 6.45) is 0.935. The number of hydrogen-bond acceptors (Lipinski definition) is 2. The summed E-state index contributed by atoms with van der Waals surface area (Å²) < 4.78 is 0.824. The van der Waals surface area contributed by atoms with Gasteiger partial charge in [-0.25, -0.2) is 0 Å². The van der Waals surface area contributed by atoms with E-state index in [2.05, 4.69) is 28.1 Å². The third-order valence-electron chi connectivity index (χ3n) is 3.61. The number of anilines is 1. The number of Topliss-reactive ketones (excluding diaryl/α,β-unsaturated/α-hetero) is 1. The fourth-order valence-electron chi connectivity index (χ4n) is 2.48. The van der Waals surface area contributed by atoms with Gasteiger partial charge in [0, 0.05) is 21.6 Å². The van der Waals surface area contributed by atoms with Gasteiger partial charge in [0.05, 0.1) is 0 Å². The second kappa shape index (κ2) is 4.82. The fraction of sp³-hybridized carbons (Fsp3) is 0.188. The van der Waals surface area contributed by atoms with Gasteiger partial charge in [-0.05, 0) is 36.1 Å². The van der Waals surface area contributed by atoms with Crippen LogP contribution in [0.5, 0.6) is 0 Å². The number of hydrogen-bond donors (Lipinski definition) is 1. The molecule has 0 spiro atoms. The predicted molar refractivity (Wildman–Crippen MR) is 80.2 cm³/mol. The summed E-state index contributed by atoms with van der Waals surface area (Å²) in [7, 11) is 0. The molecule has 3 heteroatoms. The number of carbonyl (C=O) groups excluding carboxylic acids is 1. The Balaban J connectivity index is 1.82. The molecule has 2 unspecified atom stereocenters. The number of ketones is 1. The van der Waals surface area contributed by atoms with E-state index in [0.717, 1.165) is 10.9 Å². The maximum Gasteiger partial charge on any atom is 0.167 e. The van der Waals surface area contributed by atoms with Crippen LogP contribution in [0.2, 0.25) is 0 Å². The molecule has 2 N–H and O–H groups in total. The molecule has 2 aromatic rings. The molecule has 0 amide bonds. The maximum atomic E-state index is 12.5. The minimum Gasteiger partial charge on any atom is -0.399 e. The van der Waals surface area contributed by atoms with Crippen molar-refractivity contribution in [2.45, 2.75) is 12.3 Å². The Hall–Kier alpha value is -1.61. The van der Waals surface area contributed by atoms with Gasteiger partial charge in [0.15, 0.2) is 5.78 Å². The van der Waals surface area contributed by atoms with Crippen LogP contribution in [-0.4, -0.2) is 5.78 Å². The minimum atomic E-state index is 0.0977. The minimum absolute atomic E-state index is 0.0977. The van der Waals surface area contributed by atoms with Gasteiger partial charge in [-0.15, -0.1) is 0 Å². The first-order chi connectivity index (χ1) is 9.16. The zero-order valence-electron chi connectivity index (χ0n) is 10.3. The van der Waals surface area contributed by atoms with Crippen molar-refractivity contribution in [1.82, 2.24) is 0 Å². The van der Waals surface area contributed by atoms with E-state index in [1.54, 1.807) is 12.1 Å². The van der Waals surface area contributed by atoms with E-state index in [1.165, 1.54) is 5.56 Å². The smallest absolute Gasteiger partial charge is 0.167 e. The van der Waals surface area contributed by atoms with Gasteiger partial charge in [-0.2, -0.15) is 0 Å². The lowest BCUT2D eigenvalue weighted by Crippen LogP contribution is -2.05. The van der Waals surface area contributed by atoms with E-state index in [4.69, 9.17) is 5.73 Å². The number of nitrogen functional groups attached to an aromatic ring is 1. The Morgan fingerprint density at radius 1 is 1.16 bits per heavy atom. The third-order valence-corrected chi connectivity index (χ3v) is 4.30. The summed E-state index contributed by atoms with van der Waals surface area (Å²) in [6.45, 7) is 0. The Labute approximate surface area is 120 Å². The van der Waals surface area contributed by atoms with Gasteiger partial charge in [0.1, 0.15) is 0 Å². The quantitative estimate of drug-likeness (QED) is 0.686. The summed E-state index contributed by atoms with van der Waals surface area (Å²) in [5, 5.41) is 0. The molecule has 1 aliphatic carbocycles. The van der Waals surface area contributed by atoms with Crippen molar-refractivity contribution in [3.8, 4) is 0 Å². The molecular formula is C16H14BrNO. The number of benzene rings is 2. The van der Waals surface area contributed by atoms with E-state index < -0.39 is 0 Å². The van der Waals surface area contributed by atoms with Crippen LogP contribution in [-0.2, 0) is 0 Å². The second-order valence-corrected chi connectivity index (χ2v) is 5.82. The first-order valence-corrected chi connectivity index (χ1v) is 7.10. The van der Waals surface area contributed by atoms with Crippen LogP contribution in [0.4, 0.5) is 5.69 Å². The average Bonchev–Trinajstić information content (AvgIpc) is 3.22. The summed E-state index contributed by atoms with van der Waals surface area (Å²) in [5.74, 6) is 0.649. The molecule has 0 bridgehead atoms. The molecular weight excluding hydrogens is 302 g/mol. The highest BCUT2D eigenvalue weighted by Gasteiger charge is 2.44. The molecule has 0 radical (unpaired) electrons. The molecule has 3 rings (SSSR count). The fourth-order valence-corrected chi connectivity index (χ4v) is 2.93. The monoisotopic (exact) mass is 315 g/mol. The molecule has 1 fully saturated rings. The zero-order valence-corrected chi connectivity index (χ0v) is 11.9. The van der Waals surface area contributed by atoms with Gasteiger partial charge < -0.3 is 5.73 Å². The summed E-state index contributed by atoms with van der Waals surface area (Å²) in [4.78, 5) is 12.5. The third kappa shape index (κ3) is 2.43. The topological polar surface area (TPSA) is 43.1 Å². The van der Waals surface area contributed by atoms with Crippen LogP contribution in [0.1, 0.15) is 28.3 Å². The molecule has 0 saturated heterocycles. The van der Waals surface area contributed by atoms with Crippen molar-refractivity contribution in [3.05, 3.63) is 64.1 Å². The van der Waals surface area contributed by atoms with Crippen LogP contribution in [0.25, 0.3) is 0 Å². The number of rotatable bonds is 3. The van der Waals surface area contributed by atoms with Crippen molar-refractivity contribution < 1.29 is 4.79 Å². The highest BCUT2D eigenvalue weighted by atomic mass is 79.9. The van der Waals surface area contributed by atoms with Gasteiger partial charge in [0.2, 0.25) is 0 Å². The highest BCUT2D eigenvalue weighted by molar-refractivity contribution is 9.10. The largest absolute Gasteiger partial charge is 0.399 e. The molecule has 19 heavy (non-hydrogen) atoms. The molecule has 0 heterocycles. The van der Waals surface area contributed by atoms with Crippen LogP contribution in [0.15, 0.2) is 53.0 Å². The van der Waals surface area contributed by atoms with Crippen LogP contribution in [0.3, 0.4) is 0 Å². The summed E-state index contributed by atoms with van der Waals surface area (Å²) in [6, 6.07) is 15.6. The maximum absolute atomic E-state index is 12.5. The summed E-state index contributed by atoms with van der Waals surface area (Å²) >= 11 is 3.43. The van der Waals surface area contributed by atoms with E-state index >= 15 is 0 Å². The zero-order chi connectivity index (χ0) is 13.4. The Bertz CT molecular complexity index is 624. The van der Waals surface area contributed by atoms with Crippen molar-refractivity contribution in [1.29, 1.82) is 0 Å². The van der Waals surface area contributed by atoms with E-state index in [1.807, 2.05) is 24.3 Å².